The smallest absolute Gasteiger partial charge is 0.229 e. The monoisotopic (exact) mass is 257 g/mol. The molecule has 9 heteroatoms. The summed E-state index contributed by atoms with van der Waals surface area (Å²) in [6.07, 6.45) is 1.89. The van der Waals surface area contributed by atoms with Gasteiger partial charge in [0, 0.05) is 12.6 Å². The van der Waals surface area contributed by atoms with Crippen LogP contribution in [0.5, 0.6) is 0 Å². The summed E-state index contributed by atoms with van der Waals surface area (Å²) in [7, 11) is -6.98. The van der Waals surface area contributed by atoms with Crippen LogP contribution in [0.4, 0.5) is 0 Å². The van der Waals surface area contributed by atoms with Gasteiger partial charge in [0.1, 0.15) is 0 Å². The lowest BCUT2D eigenvalue weighted by Gasteiger charge is -2.06. The molecule has 1 aliphatic rings. The van der Waals surface area contributed by atoms with E-state index in [4.69, 9.17) is 5.14 Å². The molecule has 0 aliphatic heterocycles. The Morgan fingerprint density at radius 2 is 1.80 bits per heavy atom. The Hall–Kier alpha value is -0.220. The molecule has 4 N–H and O–H groups in total. The van der Waals surface area contributed by atoms with Gasteiger partial charge in [-0.3, -0.25) is 0 Å². The molecule has 0 amide bonds. The van der Waals surface area contributed by atoms with E-state index in [-0.39, 0.29) is 24.8 Å². The molecule has 0 saturated heterocycles. The number of hydrogen-bond acceptors (Lipinski definition) is 4. The van der Waals surface area contributed by atoms with Gasteiger partial charge >= 0.3 is 0 Å². The van der Waals surface area contributed by atoms with Gasteiger partial charge in [-0.05, 0) is 19.3 Å². The first-order valence-electron chi connectivity index (χ1n) is 4.56. The van der Waals surface area contributed by atoms with Crippen LogP contribution in [0.15, 0.2) is 0 Å². The summed E-state index contributed by atoms with van der Waals surface area (Å²) in [4.78, 5) is 0. The maximum absolute atomic E-state index is 11.2. The molecule has 1 aliphatic carbocycles. The molecule has 0 aromatic rings. The number of nitrogens with two attached hydrogens (primary N) is 1. The number of rotatable bonds is 7. The largest absolute Gasteiger partial charge is 0.277 e. The van der Waals surface area contributed by atoms with Crippen LogP contribution < -0.4 is 14.6 Å². The molecule has 7 nitrogen and oxygen atoms in total. The van der Waals surface area contributed by atoms with Crippen LogP contribution in [0.3, 0.4) is 0 Å². The average Bonchev–Trinajstić information content (AvgIpc) is 2.79. The van der Waals surface area contributed by atoms with Crippen LogP contribution in [0.2, 0.25) is 0 Å². The van der Waals surface area contributed by atoms with Crippen LogP contribution in [-0.4, -0.2) is 35.2 Å². The summed E-state index contributed by atoms with van der Waals surface area (Å²) in [5, 5.41) is 4.76. The molecule has 0 radical (unpaired) electrons. The van der Waals surface area contributed by atoms with Crippen molar-refractivity contribution in [1.29, 1.82) is 0 Å². The van der Waals surface area contributed by atoms with Crippen LogP contribution in [-0.2, 0) is 20.2 Å². The summed E-state index contributed by atoms with van der Waals surface area (Å²) >= 11 is 0. The Labute approximate surface area is 89.7 Å². The van der Waals surface area contributed by atoms with E-state index in [1.54, 1.807) is 0 Å². The SMILES string of the molecule is NS(=O)(=O)CCCNS(=O)(=O)NC1CC1. The molecule has 0 heterocycles. The number of sulfonamides is 1. The van der Waals surface area contributed by atoms with E-state index in [1.807, 2.05) is 0 Å². The standard InChI is InChI=1S/C6H15N3O4S2/c7-14(10,11)5-1-4-8-15(12,13)9-6-2-3-6/h6,8-9H,1-5H2,(H2,7,10,11). The van der Waals surface area contributed by atoms with Gasteiger partial charge < -0.3 is 0 Å². The molecule has 90 valence electrons. The van der Waals surface area contributed by atoms with Gasteiger partial charge in [0.15, 0.2) is 0 Å². The molecular weight excluding hydrogens is 242 g/mol. The van der Waals surface area contributed by atoms with Gasteiger partial charge in [0.25, 0.3) is 10.2 Å². The highest BCUT2D eigenvalue weighted by atomic mass is 32.2. The maximum Gasteiger partial charge on any atom is 0.277 e. The Morgan fingerprint density at radius 3 is 2.27 bits per heavy atom. The van der Waals surface area contributed by atoms with Crippen LogP contribution in [0.1, 0.15) is 19.3 Å². The molecule has 1 saturated carbocycles. The Morgan fingerprint density at radius 1 is 1.20 bits per heavy atom. The van der Waals surface area contributed by atoms with Crippen molar-refractivity contribution in [2.24, 2.45) is 5.14 Å². The van der Waals surface area contributed by atoms with E-state index >= 15 is 0 Å². The summed E-state index contributed by atoms with van der Waals surface area (Å²) < 4.78 is 48.1. The summed E-state index contributed by atoms with van der Waals surface area (Å²) in [6, 6.07) is 0.0424. The fraction of sp³-hybridized carbons (Fsp3) is 1.00. The average molecular weight is 257 g/mol. The maximum atomic E-state index is 11.2. The molecule has 0 bridgehead atoms. The first-order valence-corrected chi connectivity index (χ1v) is 7.76. The van der Waals surface area contributed by atoms with Crippen molar-refractivity contribution in [1.82, 2.24) is 9.44 Å². The van der Waals surface area contributed by atoms with Gasteiger partial charge in [-0.15, -0.1) is 0 Å². The zero-order valence-electron chi connectivity index (χ0n) is 8.14. The molecule has 0 aromatic heterocycles. The molecule has 1 rings (SSSR count). The first kappa shape index (κ1) is 12.8. The lowest BCUT2D eigenvalue weighted by molar-refractivity contribution is 0.563. The number of nitrogens with one attached hydrogen (secondary N) is 2. The van der Waals surface area contributed by atoms with Gasteiger partial charge in [0.05, 0.1) is 5.75 Å². The third-order valence-electron chi connectivity index (χ3n) is 1.80. The molecule has 0 unspecified atom stereocenters. The second-order valence-electron chi connectivity index (χ2n) is 3.51. The molecular formula is C6H15N3O4S2. The highest BCUT2D eigenvalue weighted by Crippen LogP contribution is 2.19. The predicted molar refractivity (Wildman–Crippen MR) is 55.7 cm³/mol. The van der Waals surface area contributed by atoms with E-state index in [0.717, 1.165) is 12.8 Å². The third kappa shape index (κ3) is 6.79. The van der Waals surface area contributed by atoms with Crippen LogP contribution in [0, 0.1) is 0 Å². The van der Waals surface area contributed by atoms with E-state index in [1.165, 1.54) is 0 Å². The fourth-order valence-electron chi connectivity index (χ4n) is 0.942. The summed E-state index contributed by atoms with van der Waals surface area (Å²) in [5.41, 5.74) is 0. The molecule has 0 atom stereocenters. The fourth-order valence-corrected chi connectivity index (χ4v) is 2.66. The normalized spacial score (nSPS) is 17.9. The number of primary sulfonamides is 1. The van der Waals surface area contributed by atoms with Crippen LogP contribution >= 0.6 is 0 Å². The highest BCUT2D eigenvalue weighted by Gasteiger charge is 2.26. The van der Waals surface area contributed by atoms with E-state index in [0.29, 0.717) is 0 Å². The number of hydrogen-bond donors (Lipinski definition) is 3. The third-order valence-corrected chi connectivity index (χ3v) is 3.88. The summed E-state index contributed by atoms with van der Waals surface area (Å²) in [6.45, 7) is 0.0679. The van der Waals surface area contributed by atoms with Gasteiger partial charge in [-0.2, -0.15) is 13.1 Å². The van der Waals surface area contributed by atoms with Crippen molar-refractivity contribution in [3.05, 3.63) is 0 Å². The lowest BCUT2D eigenvalue weighted by Crippen LogP contribution is -2.38. The Balaban J connectivity index is 2.18. The van der Waals surface area contributed by atoms with Crippen molar-refractivity contribution >= 4 is 20.2 Å². The first-order chi connectivity index (χ1) is 6.79. The van der Waals surface area contributed by atoms with Crippen LogP contribution in [0.25, 0.3) is 0 Å². The zero-order valence-corrected chi connectivity index (χ0v) is 9.77. The lowest BCUT2D eigenvalue weighted by atomic mass is 10.5. The Bertz CT molecular complexity index is 398. The van der Waals surface area contributed by atoms with Crippen molar-refractivity contribution < 1.29 is 16.8 Å². The van der Waals surface area contributed by atoms with Crippen molar-refractivity contribution in [3.8, 4) is 0 Å². The predicted octanol–water partition coefficient (Wildman–Crippen LogP) is -1.75. The molecule has 0 aromatic carbocycles. The molecule has 1 fully saturated rings. The van der Waals surface area contributed by atoms with E-state index in [2.05, 4.69) is 9.44 Å². The molecule has 0 spiro atoms. The highest BCUT2D eigenvalue weighted by molar-refractivity contribution is 7.89. The minimum atomic E-state index is -3.51. The van der Waals surface area contributed by atoms with Crippen molar-refractivity contribution in [3.63, 3.8) is 0 Å². The second kappa shape index (κ2) is 4.74. The Kier molecular flexibility index (Phi) is 4.06. The van der Waals surface area contributed by atoms with Crippen molar-refractivity contribution in [2.75, 3.05) is 12.3 Å². The van der Waals surface area contributed by atoms with E-state index in [9.17, 15) is 16.8 Å². The van der Waals surface area contributed by atoms with Crippen molar-refractivity contribution in [2.45, 2.75) is 25.3 Å². The molecule has 15 heavy (non-hydrogen) atoms. The minimum Gasteiger partial charge on any atom is -0.229 e. The minimum absolute atomic E-state index is 0.0424. The topological polar surface area (TPSA) is 118 Å². The summed E-state index contributed by atoms with van der Waals surface area (Å²) in [5.74, 6) is -0.223. The van der Waals surface area contributed by atoms with Gasteiger partial charge in [-0.1, -0.05) is 0 Å². The van der Waals surface area contributed by atoms with Gasteiger partial charge in [0.2, 0.25) is 10.0 Å². The quantitative estimate of drug-likeness (QED) is 0.469. The zero-order chi connectivity index (χ0) is 11.5. The second-order valence-corrected chi connectivity index (χ2v) is 6.78. The van der Waals surface area contributed by atoms with Gasteiger partial charge in [-0.25, -0.2) is 18.3 Å². The van der Waals surface area contributed by atoms with E-state index < -0.39 is 20.2 Å².